The van der Waals surface area contributed by atoms with Crippen LogP contribution in [0.3, 0.4) is 0 Å². The lowest BCUT2D eigenvalue weighted by Gasteiger charge is -2.11. The van der Waals surface area contributed by atoms with Gasteiger partial charge in [0.25, 0.3) is 5.91 Å². The van der Waals surface area contributed by atoms with Crippen molar-refractivity contribution >= 4 is 28.2 Å². The van der Waals surface area contributed by atoms with Crippen molar-refractivity contribution in [3.05, 3.63) is 94.8 Å². The molecule has 4 rings (SSSR count). The Balaban J connectivity index is 1.85. The molecule has 0 atom stereocenters. The van der Waals surface area contributed by atoms with E-state index in [-0.39, 0.29) is 17.6 Å². The topological polar surface area (TPSA) is 80.7 Å². The van der Waals surface area contributed by atoms with Crippen molar-refractivity contribution in [1.29, 1.82) is 0 Å². The number of aromatic amines is 1. The van der Waals surface area contributed by atoms with E-state index in [4.69, 9.17) is 4.99 Å². The first-order valence-electron chi connectivity index (χ1n) is 11.1. The van der Waals surface area contributed by atoms with Crippen LogP contribution in [-0.4, -0.2) is 47.2 Å². The molecule has 0 bridgehead atoms. The van der Waals surface area contributed by atoms with Gasteiger partial charge in [-0.3, -0.25) is 4.79 Å². The molecule has 0 aliphatic heterocycles. The molecular weight excluding hydrogens is 431 g/mol. The highest BCUT2D eigenvalue weighted by Gasteiger charge is 2.20. The fraction of sp³-hybridized carbons (Fsp3) is 0.185. The monoisotopic (exact) mass is 458 g/mol. The highest BCUT2D eigenvalue weighted by atomic mass is 19.1. The lowest BCUT2D eigenvalue weighted by atomic mass is 10.00. The third kappa shape index (κ3) is 4.84. The lowest BCUT2D eigenvalue weighted by molar-refractivity contribution is 0.0956. The van der Waals surface area contributed by atoms with E-state index in [1.54, 1.807) is 30.3 Å². The van der Waals surface area contributed by atoms with Gasteiger partial charge in [-0.25, -0.2) is 9.38 Å². The van der Waals surface area contributed by atoms with Gasteiger partial charge < -0.3 is 20.3 Å². The van der Waals surface area contributed by atoms with E-state index >= 15 is 0 Å². The minimum absolute atomic E-state index is 0.0737. The predicted molar refractivity (Wildman–Crippen MR) is 134 cm³/mol. The second-order valence-electron chi connectivity index (χ2n) is 8.31. The number of hydrogen-bond acceptors (Lipinski definition) is 4. The normalized spacial score (nSPS) is 11.9. The van der Waals surface area contributed by atoms with Gasteiger partial charge in [-0.1, -0.05) is 42.5 Å². The molecule has 1 heterocycles. The Morgan fingerprint density at radius 2 is 1.82 bits per heavy atom. The SMILES string of the molecule is CCNC(=O)c1ccc2c(C(=Nc3ccc(CN(C)C)c(F)c3)c3ccccc3)c(O)[nH]c2c1. The van der Waals surface area contributed by atoms with E-state index in [9.17, 15) is 14.3 Å². The summed E-state index contributed by atoms with van der Waals surface area (Å²) in [5, 5.41) is 14.3. The third-order valence-electron chi connectivity index (χ3n) is 5.43. The summed E-state index contributed by atoms with van der Waals surface area (Å²) in [6.07, 6.45) is 0. The zero-order chi connectivity index (χ0) is 24.2. The average Bonchev–Trinajstić information content (AvgIpc) is 3.14. The molecule has 0 fully saturated rings. The number of rotatable bonds is 7. The Bertz CT molecular complexity index is 1360. The smallest absolute Gasteiger partial charge is 0.251 e. The summed E-state index contributed by atoms with van der Waals surface area (Å²) in [7, 11) is 3.77. The summed E-state index contributed by atoms with van der Waals surface area (Å²) in [6.45, 7) is 2.86. The van der Waals surface area contributed by atoms with Crippen LogP contribution in [0.5, 0.6) is 5.88 Å². The molecule has 0 aliphatic rings. The van der Waals surface area contributed by atoms with Crippen molar-refractivity contribution in [3.8, 4) is 5.88 Å². The molecule has 6 nitrogen and oxygen atoms in total. The minimum Gasteiger partial charge on any atom is -0.494 e. The maximum atomic E-state index is 14.7. The van der Waals surface area contributed by atoms with Crippen LogP contribution in [0.4, 0.5) is 10.1 Å². The Morgan fingerprint density at radius 3 is 2.50 bits per heavy atom. The molecule has 4 aromatic rings. The Morgan fingerprint density at radius 1 is 1.06 bits per heavy atom. The summed E-state index contributed by atoms with van der Waals surface area (Å²) < 4.78 is 14.7. The van der Waals surface area contributed by atoms with Crippen LogP contribution < -0.4 is 5.32 Å². The van der Waals surface area contributed by atoms with Crippen LogP contribution in [0, 0.1) is 5.82 Å². The number of aliphatic imine (C=N–C) groups is 1. The number of benzene rings is 3. The van der Waals surface area contributed by atoms with Crippen LogP contribution in [0.1, 0.15) is 34.0 Å². The van der Waals surface area contributed by atoms with Gasteiger partial charge >= 0.3 is 0 Å². The molecule has 0 unspecified atom stereocenters. The molecule has 0 saturated carbocycles. The van der Waals surface area contributed by atoms with Crippen LogP contribution in [0.2, 0.25) is 0 Å². The Labute approximate surface area is 197 Å². The summed E-state index contributed by atoms with van der Waals surface area (Å²) >= 11 is 0. The second kappa shape index (κ2) is 9.89. The molecule has 174 valence electrons. The molecule has 1 amide bonds. The average molecular weight is 459 g/mol. The van der Waals surface area contributed by atoms with E-state index in [1.807, 2.05) is 56.3 Å². The number of carbonyl (C=O) groups is 1. The van der Waals surface area contributed by atoms with Crippen molar-refractivity contribution in [3.63, 3.8) is 0 Å². The molecule has 3 N–H and O–H groups in total. The first kappa shape index (κ1) is 23.2. The molecule has 3 aromatic carbocycles. The van der Waals surface area contributed by atoms with Gasteiger partial charge in [0, 0.05) is 40.7 Å². The van der Waals surface area contributed by atoms with E-state index in [0.29, 0.717) is 52.1 Å². The minimum atomic E-state index is -0.336. The van der Waals surface area contributed by atoms with Gasteiger partial charge in [0.2, 0.25) is 0 Å². The van der Waals surface area contributed by atoms with Crippen LogP contribution in [0.15, 0.2) is 71.7 Å². The molecule has 0 radical (unpaired) electrons. The number of fused-ring (bicyclic) bond motifs is 1. The lowest BCUT2D eigenvalue weighted by Crippen LogP contribution is -2.22. The Hall–Kier alpha value is -3.97. The number of aromatic hydroxyl groups is 1. The van der Waals surface area contributed by atoms with Crippen molar-refractivity contribution in [2.24, 2.45) is 4.99 Å². The number of nitrogens with zero attached hydrogens (tertiary/aromatic N) is 2. The highest BCUT2D eigenvalue weighted by molar-refractivity contribution is 6.22. The molecule has 34 heavy (non-hydrogen) atoms. The second-order valence-corrected chi connectivity index (χ2v) is 8.31. The molecule has 1 aromatic heterocycles. The first-order chi connectivity index (χ1) is 16.4. The summed E-state index contributed by atoms with van der Waals surface area (Å²) in [6, 6.07) is 19.5. The third-order valence-corrected chi connectivity index (χ3v) is 5.43. The quantitative estimate of drug-likeness (QED) is 0.341. The number of carbonyl (C=O) groups excluding carboxylic acids is 1. The van der Waals surface area contributed by atoms with Gasteiger partial charge in [0.05, 0.1) is 17.0 Å². The first-order valence-corrected chi connectivity index (χ1v) is 11.1. The van der Waals surface area contributed by atoms with E-state index in [1.165, 1.54) is 6.07 Å². The number of amides is 1. The molecular formula is C27H27FN4O2. The largest absolute Gasteiger partial charge is 0.494 e. The van der Waals surface area contributed by atoms with Crippen LogP contribution >= 0.6 is 0 Å². The van der Waals surface area contributed by atoms with E-state index < -0.39 is 0 Å². The number of aromatic nitrogens is 1. The van der Waals surface area contributed by atoms with Gasteiger partial charge in [0.1, 0.15) is 5.82 Å². The summed E-state index contributed by atoms with van der Waals surface area (Å²) in [4.78, 5) is 21.9. The maximum Gasteiger partial charge on any atom is 0.251 e. The maximum absolute atomic E-state index is 14.7. The highest BCUT2D eigenvalue weighted by Crippen LogP contribution is 2.32. The number of H-pyrrole nitrogens is 1. The van der Waals surface area contributed by atoms with Crippen molar-refractivity contribution in [1.82, 2.24) is 15.2 Å². The summed E-state index contributed by atoms with van der Waals surface area (Å²) in [5.74, 6) is -0.599. The van der Waals surface area contributed by atoms with Gasteiger partial charge in [0.15, 0.2) is 5.88 Å². The zero-order valence-electron chi connectivity index (χ0n) is 19.4. The van der Waals surface area contributed by atoms with E-state index in [0.717, 1.165) is 5.56 Å². The standard InChI is InChI=1S/C27H27FN4O2/c1-4-29-26(33)18-11-13-21-23(14-18)31-27(34)24(21)25(17-8-6-5-7-9-17)30-20-12-10-19(16-32(2)3)22(28)15-20/h5-15,31,34H,4,16H2,1-3H3,(H,29,33). The molecule has 0 spiro atoms. The van der Waals surface area contributed by atoms with Crippen molar-refractivity contribution in [2.75, 3.05) is 20.6 Å². The van der Waals surface area contributed by atoms with Gasteiger partial charge in [-0.05, 0) is 45.3 Å². The molecule has 0 saturated heterocycles. The van der Waals surface area contributed by atoms with Crippen LogP contribution in [-0.2, 0) is 6.54 Å². The van der Waals surface area contributed by atoms with Crippen molar-refractivity contribution < 1.29 is 14.3 Å². The van der Waals surface area contributed by atoms with Gasteiger partial charge in [-0.15, -0.1) is 0 Å². The number of hydrogen-bond donors (Lipinski definition) is 3. The molecule has 0 aliphatic carbocycles. The van der Waals surface area contributed by atoms with Gasteiger partial charge in [-0.2, -0.15) is 0 Å². The molecule has 7 heteroatoms. The van der Waals surface area contributed by atoms with Crippen molar-refractivity contribution in [2.45, 2.75) is 13.5 Å². The van der Waals surface area contributed by atoms with Crippen LogP contribution in [0.25, 0.3) is 10.9 Å². The fourth-order valence-electron chi connectivity index (χ4n) is 3.89. The Kier molecular flexibility index (Phi) is 6.75. The summed E-state index contributed by atoms with van der Waals surface area (Å²) in [5.41, 5.74) is 3.86. The zero-order valence-corrected chi connectivity index (χ0v) is 19.4. The number of halogens is 1. The fourth-order valence-corrected chi connectivity index (χ4v) is 3.89. The predicted octanol–water partition coefficient (Wildman–Crippen LogP) is 4.99. The number of nitrogens with one attached hydrogen (secondary N) is 2. The van der Waals surface area contributed by atoms with E-state index in [2.05, 4.69) is 10.3 Å².